The largest absolute Gasteiger partial charge is 0.490 e. The number of hydrogen-bond acceptors (Lipinski definition) is 3. The Hall–Kier alpha value is -1.55. The molecule has 2 N–H and O–H groups in total. The summed E-state index contributed by atoms with van der Waals surface area (Å²) in [6.07, 6.45) is -0.385. The van der Waals surface area contributed by atoms with E-state index in [1.165, 1.54) is 0 Å². The molecule has 0 amide bonds. The van der Waals surface area contributed by atoms with E-state index in [4.69, 9.17) is 14.9 Å². The van der Waals surface area contributed by atoms with E-state index in [9.17, 15) is 4.79 Å². The Morgan fingerprint density at radius 2 is 2.00 bits per heavy atom. The van der Waals surface area contributed by atoms with Crippen molar-refractivity contribution in [2.45, 2.75) is 26.1 Å². The van der Waals surface area contributed by atoms with E-state index >= 15 is 0 Å². The summed E-state index contributed by atoms with van der Waals surface area (Å²) in [6, 6.07) is 6.90. The van der Waals surface area contributed by atoms with Crippen molar-refractivity contribution in [2.24, 2.45) is 0 Å². The molecule has 1 aromatic carbocycles. The highest BCUT2D eigenvalue weighted by Crippen LogP contribution is 2.14. The van der Waals surface area contributed by atoms with Crippen LogP contribution in [0.4, 0.5) is 0 Å². The minimum atomic E-state index is -0.880. The average molecular weight is 210 g/mol. The third kappa shape index (κ3) is 3.99. The molecular formula is C11H14O4. The van der Waals surface area contributed by atoms with Gasteiger partial charge in [-0.1, -0.05) is 12.1 Å². The summed E-state index contributed by atoms with van der Waals surface area (Å²) >= 11 is 0. The summed E-state index contributed by atoms with van der Waals surface area (Å²) in [5, 5.41) is 17.3. The first-order chi connectivity index (χ1) is 7.11. The van der Waals surface area contributed by atoms with Gasteiger partial charge >= 0.3 is 5.97 Å². The van der Waals surface area contributed by atoms with E-state index in [1.54, 1.807) is 31.2 Å². The van der Waals surface area contributed by atoms with Gasteiger partial charge in [0.25, 0.3) is 0 Å². The number of hydrogen-bond donors (Lipinski definition) is 2. The number of benzene rings is 1. The molecule has 0 aliphatic carbocycles. The Morgan fingerprint density at radius 3 is 2.47 bits per heavy atom. The fourth-order valence-electron chi connectivity index (χ4n) is 1.19. The van der Waals surface area contributed by atoms with Crippen molar-refractivity contribution in [3.05, 3.63) is 29.8 Å². The van der Waals surface area contributed by atoms with Crippen LogP contribution in [-0.2, 0) is 11.4 Å². The average Bonchev–Trinajstić information content (AvgIpc) is 2.17. The lowest BCUT2D eigenvalue weighted by atomic mass is 10.2. The molecule has 0 aliphatic heterocycles. The van der Waals surface area contributed by atoms with Crippen molar-refractivity contribution in [2.75, 3.05) is 0 Å². The van der Waals surface area contributed by atoms with E-state index in [0.717, 1.165) is 5.56 Å². The molecule has 15 heavy (non-hydrogen) atoms. The quantitative estimate of drug-likeness (QED) is 0.771. The van der Waals surface area contributed by atoms with Crippen LogP contribution in [0, 0.1) is 0 Å². The van der Waals surface area contributed by atoms with Gasteiger partial charge in [-0.05, 0) is 24.6 Å². The predicted octanol–water partition coefficient (Wildman–Crippen LogP) is 1.42. The first kappa shape index (κ1) is 11.5. The smallest absolute Gasteiger partial charge is 0.307 e. The zero-order valence-electron chi connectivity index (χ0n) is 8.51. The van der Waals surface area contributed by atoms with Crippen LogP contribution in [0.1, 0.15) is 18.9 Å². The molecule has 1 atom stereocenters. The first-order valence-corrected chi connectivity index (χ1v) is 4.70. The van der Waals surface area contributed by atoms with Crippen molar-refractivity contribution in [3.63, 3.8) is 0 Å². The number of rotatable bonds is 5. The van der Waals surface area contributed by atoms with Gasteiger partial charge in [0, 0.05) is 0 Å². The van der Waals surface area contributed by atoms with Gasteiger partial charge in [0.2, 0.25) is 0 Å². The van der Waals surface area contributed by atoms with Gasteiger partial charge in [-0.25, -0.2) is 0 Å². The van der Waals surface area contributed by atoms with Crippen LogP contribution in [0.15, 0.2) is 24.3 Å². The number of aliphatic hydroxyl groups excluding tert-OH is 1. The second kappa shape index (κ2) is 5.36. The summed E-state index contributed by atoms with van der Waals surface area (Å²) in [6.45, 7) is 1.69. The van der Waals surface area contributed by atoms with Gasteiger partial charge in [-0.2, -0.15) is 0 Å². The molecule has 0 radical (unpaired) electrons. The molecule has 0 heterocycles. The van der Waals surface area contributed by atoms with Crippen LogP contribution in [0.3, 0.4) is 0 Å². The monoisotopic (exact) mass is 210 g/mol. The number of carboxylic acids is 1. The molecule has 4 heteroatoms. The van der Waals surface area contributed by atoms with Crippen LogP contribution < -0.4 is 4.74 Å². The maximum atomic E-state index is 10.4. The molecule has 82 valence electrons. The van der Waals surface area contributed by atoms with Crippen molar-refractivity contribution in [1.82, 2.24) is 0 Å². The lowest BCUT2D eigenvalue weighted by molar-refractivity contribution is -0.138. The normalized spacial score (nSPS) is 12.1. The Bertz CT molecular complexity index is 318. The minimum Gasteiger partial charge on any atom is -0.490 e. The maximum Gasteiger partial charge on any atom is 0.307 e. The topological polar surface area (TPSA) is 66.8 Å². The lowest BCUT2D eigenvalue weighted by Gasteiger charge is -2.12. The van der Waals surface area contributed by atoms with Crippen LogP contribution in [0.5, 0.6) is 5.75 Å². The summed E-state index contributed by atoms with van der Waals surface area (Å²) in [5.41, 5.74) is 0.799. The molecule has 0 saturated carbocycles. The number of aliphatic carboxylic acids is 1. The highest BCUT2D eigenvalue weighted by Gasteiger charge is 2.08. The van der Waals surface area contributed by atoms with Crippen LogP contribution in [0.25, 0.3) is 0 Å². The SMILES string of the molecule is C[C@H](CC(=O)O)Oc1ccc(CO)cc1. The zero-order valence-corrected chi connectivity index (χ0v) is 8.51. The number of ether oxygens (including phenoxy) is 1. The van der Waals surface area contributed by atoms with E-state index < -0.39 is 5.97 Å². The molecule has 1 aromatic rings. The van der Waals surface area contributed by atoms with Crippen molar-refractivity contribution in [3.8, 4) is 5.75 Å². The van der Waals surface area contributed by atoms with Crippen LogP contribution in [0.2, 0.25) is 0 Å². The first-order valence-electron chi connectivity index (χ1n) is 4.70. The fraction of sp³-hybridized carbons (Fsp3) is 0.364. The van der Waals surface area contributed by atoms with E-state index in [2.05, 4.69) is 0 Å². The van der Waals surface area contributed by atoms with E-state index in [-0.39, 0.29) is 19.1 Å². The van der Waals surface area contributed by atoms with Gasteiger partial charge in [0.15, 0.2) is 0 Å². The second-order valence-electron chi connectivity index (χ2n) is 3.33. The molecule has 0 bridgehead atoms. The third-order valence-corrected chi connectivity index (χ3v) is 1.91. The molecule has 0 fully saturated rings. The molecule has 4 nitrogen and oxygen atoms in total. The standard InChI is InChI=1S/C11H14O4/c1-8(6-11(13)14)15-10-4-2-9(7-12)3-5-10/h2-5,8,12H,6-7H2,1H3,(H,13,14)/t8-/m1/s1. The minimum absolute atomic E-state index is 0.00897. The van der Waals surface area contributed by atoms with Crippen LogP contribution >= 0.6 is 0 Å². The van der Waals surface area contributed by atoms with Gasteiger partial charge in [0.1, 0.15) is 11.9 Å². The van der Waals surface area contributed by atoms with E-state index in [0.29, 0.717) is 5.75 Å². The zero-order chi connectivity index (χ0) is 11.3. The third-order valence-electron chi connectivity index (χ3n) is 1.91. The number of carboxylic acid groups (broad SMARTS) is 1. The molecule has 0 aromatic heterocycles. The Kier molecular flexibility index (Phi) is 4.12. The van der Waals surface area contributed by atoms with Gasteiger partial charge < -0.3 is 14.9 Å². The molecule has 0 unspecified atom stereocenters. The highest BCUT2D eigenvalue weighted by molar-refractivity contribution is 5.67. The molecule has 0 aliphatic rings. The molecule has 1 rings (SSSR count). The Labute approximate surface area is 88.1 Å². The number of carbonyl (C=O) groups is 1. The van der Waals surface area contributed by atoms with Gasteiger partial charge in [-0.3, -0.25) is 4.79 Å². The van der Waals surface area contributed by atoms with Gasteiger partial charge in [0.05, 0.1) is 13.0 Å². The summed E-state index contributed by atoms with van der Waals surface area (Å²) in [5.74, 6) is -0.268. The summed E-state index contributed by atoms with van der Waals surface area (Å²) < 4.78 is 5.36. The van der Waals surface area contributed by atoms with E-state index in [1.807, 2.05) is 0 Å². The predicted molar refractivity (Wildman–Crippen MR) is 54.7 cm³/mol. The number of aliphatic hydroxyl groups is 1. The molecule has 0 saturated heterocycles. The Morgan fingerprint density at radius 1 is 1.40 bits per heavy atom. The van der Waals surface area contributed by atoms with Crippen molar-refractivity contribution >= 4 is 5.97 Å². The summed E-state index contributed by atoms with van der Waals surface area (Å²) in [4.78, 5) is 10.4. The van der Waals surface area contributed by atoms with Crippen LogP contribution in [-0.4, -0.2) is 22.3 Å². The maximum absolute atomic E-state index is 10.4. The lowest BCUT2D eigenvalue weighted by Crippen LogP contribution is -2.16. The molecular weight excluding hydrogens is 196 g/mol. The second-order valence-corrected chi connectivity index (χ2v) is 3.33. The Balaban J connectivity index is 2.53. The van der Waals surface area contributed by atoms with Crippen molar-refractivity contribution in [1.29, 1.82) is 0 Å². The van der Waals surface area contributed by atoms with Gasteiger partial charge in [-0.15, -0.1) is 0 Å². The highest BCUT2D eigenvalue weighted by atomic mass is 16.5. The summed E-state index contributed by atoms with van der Waals surface area (Å²) in [7, 11) is 0. The molecule has 0 spiro atoms. The van der Waals surface area contributed by atoms with Crippen molar-refractivity contribution < 1.29 is 19.7 Å². The fourth-order valence-corrected chi connectivity index (χ4v) is 1.19.